The summed E-state index contributed by atoms with van der Waals surface area (Å²) in [7, 11) is 1.59. The molecule has 0 unspecified atom stereocenters. The van der Waals surface area contributed by atoms with Gasteiger partial charge in [-0.25, -0.2) is 4.98 Å². The van der Waals surface area contributed by atoms with E-state index in [0.717, 1.165) is 44.3 Å². The Hall–Kier alpha value is -4.15. The molecule has 0 fully saturated rings. The van der Waals surface area contributed by atoms with Crippen molar-refractivity contribution < 1.29 is 19.0 Å². The number of methoxy groups -OCH3 is 1. The number of carbonyl (C=O) groups excluding carboxylic acids is 1. The summed E-state index contributed by atoms with van der Waals surface area (Å²) in [5, 5.41) is 1.82. The van der Waals surface area contributed by atoms with Gasteiger partial charge in [-0.2, -0.15) is 0 Å². The molecule has 4 aromatic rings. The standard InChI is InChI=1S/C28H27N3O4/c1-4-34-26(32)12-7-19-6-11-23-24-14-20(16-30-27(24)28(29)31-25(23)15-19)5-8-21-9-10-22(13-18(21)2)35-17-33-3/h6,9-11,13-16H,4,7,12,17H2,1-3H3,(H2,29,31). The van der Waals surface area contributed by atoms with E-state index in [-0.39, 0.29) is 12.8 Å². The molecule has 0 aliphatic carbocycles. The first-order valence-electron chi connectivity index (χ1n) is 11.4. The second kappa shape index (κ2) is 10.9. The summed E-state index contributed by atoms with van der Waals surface area (Å²) in [5.74, 6) is 7.31. The zero-order chi connectivity index (χ0) is 24.8. The molecule has 7 heteroatoms. The molecule has 0 amide bonds. The highest BCUT2D eigenvalue weighted by atomic mass is 16.7. The fourth-order valence-electron chi connectivity index (χ4n) is 3.79. The molecule has 0 radical (unpaired) electrons. The molecule has 0 bridgehead atoms. The molecule has 2 aromatic heterocycles. The number of benzene rings is 2. The molecular weight excluding hydrogens is 442 g/mol. The van der Waals surface area contributed by atoms with Crippen LogP contribution in [0.5, 0.6) is 5.75 Å². The van der Waals surface area contributed by atoms with E-state index in [4.69, 9.17) is 19.9 Å². The topological polar surface area (TPSA) is 96.6 Å². The van der Waals surface area contributed by atoms with Crippen molar-refractivity contribution in [1.82, 2.24) is 9.97 Å². The fraction of sp³-hybridized carbons (Fsp3) is 0.250. The van der Waals surface area contributed by atoms with Gasteiger partial charge in [0.2, 0.25) is 0 Å². The molecule has 0 saturated carbocycles. The van der Waals surface area contributed by atoms with Crippen molar-refractivity contribution in [2.45, 2.75) is 26.7 Å². The van der Waals surface area contributed by atoms with Crippen molar-refractivity contribution in [3.63, 3.8) is 0 Å². The number of esters is 1. The number of nitrogens with two attached hydrogens (primary N) is 1. The van der Waals surface area contributed by atoms with Gasteiger partial charge < -0.3 is 19.9 Å². The Kier molecular flexibility index (Phi) is 7.44. The highest BCUT2D eigenvalue weighted by Crippen LogP contribution is 2.28. The lowest BCUT2D eigenvalue weighted by molar-refractivity contribution is -0.143. The zero-order valence-corrected chi connectivity index (χ0v) is 20.1. The summed E-state index contributed by atoms with van der Waals surface area (Å²) < 4.78 is 15.4. The maximum atomic E-state index is 11.7. The van der Waals surface area contributed by atoms with Crippen molar-refractivity contribution in [3.05, 3.63) is 70.9 Å². The van der Waals surface area contributed by atoms with Gasteiger partial charge in [0.25, 0.3) is 0 Å². The number of nitrogens with zero attached hydrogens (tertiary/aromatic N) is 2. The van der Waals surface area contributed by atoms with E-state index in [1.165, 1.54) is 0 Å². The fourth-order valence-corrected chi connectivity index (χ4v) is 3.79. The van der Waals surface area contributed by atoms with Gasteiger partial charge in [-0.05, 0) is 61.7 Å². The molecule has 0 aliphatic rings. The number of anilines is 1. The normalized spacial score (nSPS) is 10.7. The minimum absolute atomic E-state index is 0.200. The third-order valence-electron chi connectivity index (χ3n) is 5.53. The molecule has 7 nitrogen and oxygen atoms in total. The lowest BCUT2D eigenvalue weighted by atomic mass is 10.0. The molecular formula is C28H27N3O4. The summed E-state index contributed by atoms with van der Waals surface area (Å²) >= 11 is 0. The van der Waals surface area contributed by atoms with Crippen LogP contribution < -0.4 is 10.5 Å². The van der Waals surface area contributed by atoms with Crippen molar-refractivity contribution in [2.75, 3.05) is 26.2 Å². The Morgan fingerprint density at radius 2 is 1.94 bits per heavy atom. The predicted octanol–water partition coefficient (Wildman–Crippen LogP) is 4.55. The Bertz CT molecular complexity index is 1450. The third-order valence-corrected chi connectivity index (χ3v) is 5.53. The summed E-state index contributed by atoms with van der Waals surface area (Å²) in [5.41, 5.74) is 11.3. The van der Waals surface area contributed by atoms with Gasteiger partial charge >= 0.3 is 5.97 Å². The third kappa shape index (κ3) is 5.68. The second-order valence-electron chi connectivity index (χ2n) is 8.05. The summed E-state index contributed by atoms with van der Waals surface area (Å²) in [6.45, 7) is 4.37. The zero-order valence-electron chi connectivity index (χ0n) is 20.1. The van der Waals surface area contributed by atoms with Crippen LogP contribution in [0.25, 0.3) is 21.8 Å². The number of carbonyl (C=O) groups is 1. The molecule has 0 saturated heterocycles. The van der Waals surface area contributed by atoms with Crippen molar-refractivity contribution in [3.8, 4) is 17.6 Å². The van der Waals surface area contributed by atoms with Gasteiger partial charge in [0.1, 0.15) is 11.3 Å². The van der Waals surface area contributed by atoms with Crippen molar-refractivity contribution in [1.29, 1.82) is 0 Å². The number of aromatic nitrogens is 2. The molecule has 0 atom stereocenters. The van der Waals surface area contributed by atoms with Crippen LogP contribution in [0.15, 0.2) is 48.7 Å². The van der Waals surface area contributed by atoms with Crippen LogP contribution in [0, 0.1) is 18.8 Å². The van der Waals surface area contributed by atoms with E-state index in [2.05, 4.69) is 21.8 Å². The van der Waals surface area contributed by atoms with Crippen molar-refractivity contribution in [2.24, 2.45) is 0 Å². The summed E-state index contributed by atoms with van der Waals surface area (Å²) in [6, 6.07) is 13.7. The number of rotatable bonds is 7. The lowest BCUT2D eigenvalue weighted by Crippen LogP contribution is -2.05. The van der Waals surface area contributed by atoms with Gasteiger partial charge in [-0.3, -0.25) is 9.78 Å². The van der Waals surface area contributed by atoms with Crippen LogP contribution in [0.4, 0.5) is 5.82 Å². The van der Waals surface area contributed by atoms with Crippen LogP contribution in [-0.2, 0) is 20.7 Å². The highest BCUT2D eigenvalue weighted by molar-refractivity contribution is 6.08. The molecule has 4 rings (SSSR count). The number of nitrogen functional groups attached to an aromatic ring is 1. The first-order valence-corrected chi connectivity index (χ1v) is 11.4. The Morgan fingerprint density at radius 1 is 1.09 bits per heavy atom. The van der Waals surface area contributed by atoms with Gasteiger partial charge in [0.05, 0.1) is 12.1 Å². The lowest BCUT2D eigenvalue weighted by Gasteiger charge is -2.08. The monoisotopic (exact) mass is 469 g/mol. The minimum Gasteiger partial charge on any atom is -0.468 e. The molecule has 178 valence electrons. The number of hydrogen-bond acceptors (Lipinski definition) is 7. The molecule has 2 N–H and O–H groups in total. The molecule has 2 heterocycles. The van der Waals surface area contributed by atoms with E-state index in [0.29, 0.717) is 30.8 Å². The van der Waals surface area contributed by atoms with Crippen LogP contribution >= 0.6 is 0 Å². The molecule has 0 spiro atoms. The SMILES string of the molecule is CCOC(=O)CCc1ccc2c(c1)nc(N)c1ncc(C#Cc3ccc(OCOC)cc3C)cc12. The number of ether oxygens (including phenoxy) is 3. The van der Waals surface area contributed by atoms with Gasteiger partial charge in [-0.1, -0.05) is 24.0 Å². The number of fused-ring (bicyclic) bond motifs is 3. The summed E-state index contributed by atoms with van der Waals surface area (Å²) in [4.78, 5) is 20.8. The van der Waals surface area contributed by atoms with E-state index in [9.17, 15) is 4.79 Å². The first-order chi connectivity index (χ1) is 17.0. The second-order valence-corrected chi connectivity index (χ2v) is 8.05. The Morgan fingerprint density at radius 3 is 2.71 bits per heavy atom. The average Bonchev–Trinajstić information content (AvgIpc) is 2.85. The number of pyridine rings is 2. The average molecular weight is 470 g/mol. The maximum Gasteiger partial charge on any atom is 0.306 e. The van der Waals surface area contributed by atoms with Crippen LogP contribution in [0.2, 0.25) is 0 Å². The Balaban J connectivity index is 1.64. The first kappa shape index (κ1) is 24.0. The van der Waals surface area contributed by atoms with Crippen molar-refractivity contribution >= 4 is 33.6 Å². The number of aryl methyl sites for hydroxylation is 2. The van der Waals surface area contributed by atoms with E-state index >= 15 is 0 Å². The van der Waals surface area contributed by atoms with E-state index in [1.807, 2.05) is 49.4 Å². The van der Waals surface area contributed by atoms with Crippen LogP contribution in [0.3, 0.4) is 0 Å². The largest absolute Gasteiger partial charge is 0.468 e. The number of hydrogen-bond donors (Lipinski definition) is 1. The minimum atomic E-state index is -0.210. The van der Waals surface area contributed by atoms with Gasteiger partial charge in [0.15, 0.2) is 12.6 Å². The van der Waals surface area contributed by atoms with E-state index in [1.54, 1.807) is 20.2 Å². The summed E-state index contributed by atoms with van der Waals surface area (Å²) in [6.07, 6.45) is 2.60. The highest BCUT2D eigenvalue weighted by Gasteiger charge is 2.10. The van der Waals surface area contributed by atoms with Gasteiger partial charge in [0, 0.05) is 41.6 Å². The van der Waals surface area contributed by atoms with E-state index < -0.39 is 0 Å². The molecule has 0 aliphatic heterocycles. The quantitative estimate of drug-likeness (QED) is 0.184. The Labute approximate surface area is 204 Å². The predicted molar refractivity (Wildman–Crippen MR) is 136 cm³/mol. The van der Waals surface area contributed by atoms with Crippen LogP contribution in [-0.4, -0.2) is 36.4 Å². The maximum absolute atomic E-state index is 11.7. The molecule has 2 aromatic carbocycles. The molecule has 35 heavy (non-hydrogen) atoms. The van der Waals surface area contributed by atoms with Gasteiger partial charge in [-0.15, -0.1) is 0 Å². The smallest absolute Gasteiger partial charge is 0.306 e. The van der Waals surface area contributed by atoms with Crippen LogP contribution in [0.1, 0.15) is 35.6 Å².